The number of hydrogen-bond donors (Lipinski definition) is 1. The average molecular weight is 350 g/mol. The maximum absolute atomic E-state index is 12.6. The molecule has 2 aromatic rings. The van der Waals surface area contributed by atoms with Crippen molar-refractivity contribution in [3.63, 3.8) is 0 Å². The zero-order valence-electron chi connectivity index (χ0n) is 15.7. The third-order valence-electron chi connectivity index (χ3n) is 5.85. The van der Waals surface area contributed by atoms with Gasteiger partial charge in [0, 0.05) is 25.0 Å². The lowest BCUT2D eigenvalue weighted by molar-refractivity contribution is 0.202. The second-order valence-electron chi connectivity index (χ2n) is 7.82. The molecule has 4 rings (SSSR count). The molecule has 1 heterocycles. The van der Waals surface area contributed by atoms with E-state index in [1.807, 2.05) is 24.0 Å². The molecule has 1 N–H and O–H groups in total. The van der Waals surface area contributed by atoms with Crippen LogP contribution >= 0.6 is 0 Å². The van der Waals surface area contributed by atoms with E-state index >= 15 is 0 Å². The maximum atomic E-state index is 12.6. The molecule has 4 nitrogen and oxygen atoms in total. The van der Waals surface area contributed by atoms with E-state index in [4.69, 9.17) is 4.74 Å². The molecule has 1 aliphatic heterocycles. The molecule has 0 bridgehead atoms. The third-order valence-corrected chi connectivity index (χ3v) is 5.85. The number of fused-ring (bicyclic) bond motifs is 1. The lowest BCUT2D eigenvalue weighted by atomic mass is 9.94. The third kappa shape index (κ3) is 3.05. The molecule has 2 atom stereocenters. The number of ether oxygens (including phenoxy) is 1. The van der Waals surface area contributed by atoms with Gasteiger partial charge in [-0.25, -0.2) is 4.79 Å². The van der Waals surface area contributed by atoms with Crippen LogP contribution in [0.1, 0.15) is 28.7 Å². The summed E-state index contributed by atoms with van der Waals surface area (Å²) in [5.74, 6) is 1.44. The molecule has 2 amide bonds. The minimum Gasteiger partial charge on any atom is -0.497 e. The Morgan fingerprint density at radius 2 is 1.96 bits per heavy atom. The van der Waals surface area contributed by atoms with Gasteiger partial charge in [0.1, 0.15) is 5.75 Å². The quantitative estimate of drug-likeness (QED) is 0.911. The van der Waals surface area contributed by atoms with Gasteiger partial charge >= 0.3 is 6.03 Å². The lowest BCUT2D eigenvalue weighted by Crippen LogP contribution is -2.40. The van der Waals surface area contributed by atoms with Crippen molar-refractivity contribution in [3.8, 4) is 5.75 Å². The lowest BCUT2D eigenvalue weighted by Gasteiger charge is -2.22. The van der Waals surface area contributed by atoms with E-state index in [-0.39, 0.29) is 11.4 Å². The zero-order valence-corrected chi connectivity index (χ0v) is 15.7. The summed E-state index contributed by atoms with van der Waals surface area (Å²) in [6.07, 6.45) is 1.20. The number of amides is 2. The van der Waals surface area contributed by atoms with Crippen LogP contribution in [0.5, 0.6) is 5.75 Å². The van der Waals surface area contributed by atoms with Gasteiger partial charge in [-0.15, -0.1) is 0 Å². The first-order valence-electron chi connectivity index (χ1n) is 9.25. The van der Waals surface area contributed by atoms with Crippen LogP contribution in [0.25, 0.3) is 0 Å². The summed E-state index contributed by atoms with van der Waals surface area (Å²) < 4.78 is 5.31. The monoisotopic (exact) mass is 350 g/mol. The Balaban J connectivity index is 1.38. The van der Waals surface area contributed by atoms with Gasteiger partial charge in [-0.2, -0.15) is 0 Å². The fraction of sp³-hybridized carbons (Fsp3) is 0.409. The Kier molecular flexibility index (Phi) is 4.14. The smallest absolute Gasteiger partial charge is 0.317 e. The number of likely N-dealkylation sites (tertiary alicyclic amines) is 1. The molecule has 136 valence electrons. The summed E-state index contributed by atoms with van der Waals surface area (Å²) >= 11 is 0. The topological polar surface area (TPSA) is 41.6 Å². The van der Waals surface area contributed by atoms with Gasteiger partial charge < -0.3 is 15.0 Å². The first kappa shape index (κ1) is 17.0. The van der Waals surface area contributed by atoms with E-state index < -0.39 is 0 Å². The average Bonchev–Trinajstić information content (AvgIpc) is 3.20. The molecule has 0 aromatic heterocycles. The van der Waals surface area contributed by atoms with E-state index in [1.165, 1.54) is 17.5 Å². The number of rotatable bonds is 4. The number of carbonyl (C=O) groups is 1. The number of nitrogens with zero attached hydrogens (tertiary/aromatic N) is 1. The van der Waals surface area contributed by atoms with Crippen molar-refractivity contribution in [2.24, 2.45) is 5.92 Å². The first-order valence-corrected chi connectivity index (χ1v) is 9.25. The zero-order chi connectivity index (χ0) is 18.3. The summed E-state index contributed by atoms with van der Waals surface area (Å²) in [6.45, 7) is 6.35. The van der Waals surface area contributed by atoms with E-state index in [1.54, 1.807) is 7.11 Å². The number of hydrogen-bond acceptors (Lipinski definition) is 2. The maximum Gasteiger partial charge on any atom is 0.317 e. The van der Waals surface area contributed by atoms with Gasteiger partial charge in [-0.3, -0.25) is 0 Å². The Morgan fingerprint density at radius 3 is 2.69 bits per heavy atom. The standard InChI is InChI=1S/C22H26N2O2/c1-15-4-6-18(7-5-15)22-11-19(22)13-24(14-22)21(25)23-12-17-8-16(2)9-20(10-17)26-3/h4-10,19H,11-14H2,1-3H3,(H,23,25). The SMILES string of the molecule is COc1cc(C)cc(CNC(=O)N2CC3CC3(c3ccc(C)cc3)C2)c1. The first-order chi connectivity index (χ1) is 12.5. The highest BCUT2D eigenvalue weighted by atomic mass is 16.5. The van der Waals surface area contributed by atoms with E-state index in [0.29, 0.717) is 12.5 Å². The molecular formula is C22H26N2O2. The number of nitrogens with one attached hydrogen (secondary N) is 1. The molecule has 4 heteroatoms. The molecular weight excluding hydrogens is 324 g/mol. The van der Waals surface area contributed by atoms with Gasteiger partial charge in [-0.05, 0) is 55.0 Å². The molecule has 1 saturated heterocycles. The highest BCUT2D eigenvalue weighted by Crippen LogP contribution is 2.58. The van der Waals surface area contributed by atoms with E-state index in [2.05, 4.69) is 42.6 Å². The van der Waals surface area contributed by atoms with Crippen LogP contribution in [0.3, 0.4) is 0 Å². The number of piperidine rings is 1. The number of urea groups is 1. The summed E-state index contributed by atoms with van der Waals surface area (Å²) in [5, 5.41) is 3.07. The van der Waals surface area contributed by atoms with Crippen molar-refractivity contribution >= 4 is 6.03 Å². The number of methoxy groups -OCH3 is 1. The minimum absolute atomic E-state index is 0.0316. The minimum atomic E-state index is 0.0316. The van der Waals surface area contributed by atoms with Gasteiger partial charge in [0.2, 0.25) is 0 Å². The molecule has 2 aliphatic rings. The van der Waals surface area contributed by atoms with Crippen LogP contribution in [-0.2, 0) is 12.0 Å². The number of aryl methyl sites for hydroxylation is 2. The van der Waals surface area contributed by atoms with Crippen molar-refractivity contribution in [1.82, 2.24) is 10.2 Å². The number of carbonyl (C=O) groups excluding carboxylic acids is 1. The number of benzene rings is 2. The van der Waals surface area contributed by atoms with Crippen LogP contribution in [-0.4, -0.2) is 31.1 Å². The molecule has 2 unspecified atom stereocenters. The summed E-state index contributed by atoms with van der Waals surface area (Å²) in [7, 11) is 1.66. The van der Waals surface area contributed by atoms with Gasteiger partial charge in [0.25, 0.3) is 0 Å². The Labute approximate surface area is 155 Å². The van der Waals surface area contributed by atoms with Crippen LogP contribution < -0.4 is 10.1 Å². The van der Waals surface area contributed by atoms with Gasteiger partial charge in [0.05, 0.1) is 7.11 Å². The van der Waals surface area contributed by atoms with Crippen molar-refractivity contribution in [2.45, 2.75) is 32.2 Å². The van der Waals surface area contributed by atoms with Crippen LogP contribution in [0.2, 0.25) is 0 Å². The van der Waals surface area contributed by atoms with Crippen molar-refractivity contribution in [1.29, 1.82) is 0 Å². The molecule has 1 saturated carbocycles. The fourth-order valence-electron chi connectivity index (χ4n) is 4.30. The second kappa shape index (κ2) is 6.35. The van der Waals surface area contributed by atoms with Gasteiger partial charge in [0.15, 0.2) is 0 Å². The molecule has 0 radical (unpaired) electrons. The van der Waals surface area contributed by atoms with Crippen molar-refractivity contribution in [2.75, 3.05) is 20.2 Å². The molecule has 2 aromatic carbocycles. The predicted octanol–water partition coefficient (Wildman–Crippen LogP) is 3.80. The highest BCUT2D eigenvalue weighted by molar-refractivity contribution is 5.75. The normalized spacial score (nSPS) is 23.5. The summed E-state index contributed by atoms with van der Waals surface area (Å²) in [6, 6.07) is 14.9. The van der Waals surface area contributed by atoms with Crippen molar-refractivity contribution < 1.29 is 9.53 Å². The van der Waals surface area contributed by atoms with E-state index in [9.17, 15) is 4.79 Å². The van der Waals surface area contributed by atoms with Crippen LogP contribution in [0.15, 0.2) is 42.5 Å². The molecule has 26 heavy (non-hydrogen) atoms. The Hall–Kier alpha value is -2.49. The Bertz CT molecular complexity index is 831. The van der Waals surface area contributed by atoms with Crippen LogP contribution in [0.4, 0.5) is 4.79 Å². The van der Waals surface area contributed by atoms with Crippen molar-refractivity contribution in [3.05, 3.63) is 64.7 Å². The molecule has 2 fully saturated rings. The van der Waals surface area contributed by atoms with Gasteiger partial charge in [-0.1, -0.05) is 35.9 Å². The fourth-order valence-corrected chi connectivity index (χ4v) is 4.30. The summed E-state index contributed by atoms with van der Waals surface area (Å²) in [4.78, 5) is 14.6. The molecule has 0 spiro atoms. The van der Waals surface area contributed by atoms with E-state index in [0.717, 1.165) is 30.0 Å². The predicted molar refractivity (Wildman–Crippen MR) is 103 cm³/mol. The van der Waals surface area contributed by atoms with Crippen LogP contribution in [0, 0.1) is 19.8 Å². The molecule has 1 aliphatic carbocycles. The second-order valence-corrected chi connectivity index (χ2v) is 7.82. The largest absolute Gasteiger partial charge is 0.497 e. The summed E-state index contributed by atoms with van der Waals surface area (Å²) in [5.41, 5.74) is 5.05. The Morgan fingerprint density at radius 1 is 1.19 bits per heavy atom. The highest BCUT2D eigenvalue weighted by Gasteiger charge is 2.61.